The zero-order valence-corrected chi connectivity index (χ0v) is 11.5. The van der Waals surface area contributed by atoms with Crippen LogP contribution < -0.4 is 10.2 Å². The second-order valence-electron chi connectivity index (χ2n) is 5.29. The average molecular weight is 296 g/mol. The van der Waals surface area contributed by atoms with E-state index >= 15 is 0 Å². The molecule has 2 aliphatic rings. The van der Waals surface area contributed by atoms with Gasteiger partial charge in [-0.1, -0.05) is 0 Å². The predicted octanol–water partition coefficient (Wildman–Crippen LogP) is 2.04. The van der Waals surface area contributed by atoms with Gasteiger partial charge in [-0.05, 0) is 31.0 Å². The Kier molecular flexibility index (Phi) is 2.62. The number of amides is 1. The Morgan fingerprint density at radius 2 is 2.00 bits per heavy atom. The van der Waals surface area contributed by atoms with E-state index in [-0.39, 0.29) is 23.2 Å². The van der Waals surface area contributed by atoms with Crippen LogP contribution in [0.2, 0.25) is 0 Å². The number of hydrogen-bond donors (Lipinski definition) is 2. The molecule has 2 aromatic rings. The minimum atomic E-state index is -1.10. The second kappa shape index (κ2) is 4.52. The van der Waals surface area contributed by atoms with Gasteiger partial charge in [0.05, 0.1) is 16.8 Å². The first-order valence-electron chi connectivity index (χ1n) is 6.94. The maximum Gasteiger partial charge on any atom is 0.338 e. The van der Waals surface area contributed by atoms with Crippen LogP contribution in [0, 0.1) is 0 Å². The van der Waals surface area contributed by atoms with Gasteiger partial charge in [0.15, 0.2) is 5.82 Å². The van der Waals surface area contributed by atoms with Crippen molar-refractivity contribution in [3.63, 3.8) is 0 Å². The molecule has 7 nitrogen and oxygen atoms in total. The van der Waals surface area contributed by atoms with E-state index in [9.17, 15) is 14.7 Å². The van der Waals surface area contributed by atoms with Crippen molar-refractivity contribution in [2.75, 3.05) is 10.2 Å². The summed E-state index contributed by atoms with van der Waals surface area (Å²) in [6, 6.07) is 4.94. The molecule has 0 atom stereocenters. The lowest BCUT2D eigenvalue weighted by atomic mass is 10.2. The van der Waals surface area contributed by atoms with E-state index in [0.717, 1.165) is 12.8 Å². The van der Waals surface area contributed by atoms with Gasteiger partial charge in [-0.25, -0.2) is 14.8 Å². The highest BCUT2D eigenvalue weighted by atomic mass is 16.4. The lowest BCUT2D eigenvalue weighted by molar-refractivity contribution is 0.0698. The summed E-state index contributed by atoms with van der Waals surface area (Å²) in [7, 11) is 0. The Bertz CT molecular complexity index is 801. The molecular weight excluding hydrogens is 284 g/mol. The van der Waals surface area contributed by atoms with Crippen molar-refractivity contribution in [1.82, 2.24) is 9.97 Å². The normalized spacial score (nSPS) is 16.4. The Hall–Kier alpha value is -2.96. The van der Waals surface area contributed by atoms with Gasteiger partial charge in [0, 0.05) is 18.4 Å². The monoisotopic (exact) mass is 296 g/mol. The molecule has 7 heteroatoms. The lowest BCUT2D eigenvalue weighted by Crippen LogP contribution is -2.23. The van der Waals surface area contributed by atoms with E-state index in [1.165, 1.54) is 12.3 Å². The minimum Gasteiger partial charge on any atom is -0.478 e. The van der Waals surface area contributed by atoms with E-state index in [1.807, 2.05) is 4.90 Å². The first kappa shape index (κ1) is 12.8. The fourth-order valence-electron chi connectivity index (χ4n) is 2.66. The molecule has 0 radical (unpaired) electrons. The average Bonchev–Trinajstić information content (AvgIpc) is 3.33. The maximum atomic E-state index is 12.4. The summed E-state index contributed by atoms with van der Waals surface area (Å²) in [4.78, 5) is 34.4. The molecule has 1 aliphatic heterocycles. The largest absolute Gasteiger partial charge is 0.478 e. The predicted molar refractivity (Wildman–Crippen MR) is 78.5 cm³/mol. The van der Waals surface area contributed by atoms with Crippen molar-refractivity contribution in [1.29, 1.82) is 0 Å². The van der Waals surface area contributed by atoms with Crippen molar-refractivity contribution in [3.8, 4) is 0 Å². The molecule has 0 spiro atoms. The SMILES string of the molecule is O=C1Nc2c(C(=O)O)ccnc2N(C2CC2)c2ncccc21. The summed E-state index contributed by atoms with van der Waals surface area (Å²) in [5.74, 6) is -0.513. The summed E-state index contributed by atoms with van der Waals surface area (Å²) in [5, 5.41) is 12.0. The fraction of sp³-hybridized carbons (Fsp3) is 0.200. The number of carbonyl (C=O) groups excluding carboxylic acids is 1. The van der Waals surface area contributed by atoms with Gasteiger partial charge >= 0.3 is 5.97 Å². The number of aromatic carboxylic acids is 1. The van der Waals surface area contributed by atoms with E-state index < -0.39 is 5.97 Å². The van der Waals surface area contributed by atoms with Crippen molar-refractivity contribution in [2.45, 2.75) is 18.9 Å². The number of rotatable bonds is 2. The van der Waals surface area contributed by atoms with Crippen LogP contribution in [0.25, 0.3) is 0 Å². The molecule has 1 fully saturated rings. The van der Waals surface area contributed by atoms with Crippen LogP contribution >= 0.6 is 0 Å². The van der Waals surface area contributed by atoms with Gasteiger partial charge in [0.2, 0.25) is 0 Å². The van der Waals surface area contributed by atoms with Crippen LogP contribution in [0.3, 0.4) is 0 Å². The maximum absolute atomic E-state index is 12.4. The van der Waals surface area contributed by atoms with Crippen molar-refractivity contribution in [3.05, 3.63) is 41.7 Å². The van der Waals surface area contributed by atoms with E-state index in [1.54, 1.807) is 18.3 Å². The van der Waals surface area contributed by atoms with Crippen LogP contribution in [0.5, 0.6) is 0 Å². The number of carboxylic acid groups (broad SMARTS) is 1. The number of anilines is 3. The number of hydrogen-bond acceptors (Lipinski definition) is 5. The summed E-state index contributed by atoms with van der Waals surface area (Å²) < 4.78 is 0. The number of carboxylic acids is 1. The van der Waals surface area contributed by atoms with Crippen LogP contribution in [-0.2, 0) is 0 Å². The van der Waals surface area contributed by atoms with Gasteiger partial charge < -0.3 is 15.3 Å². The molecule has 1 amide bonds. The number of carbonyl (C=O) groups is 2. The molecule has 1 saturated carbocycles. The Morgan fingerprint density at radius 1 is 1.23 bits per heavy atom. The summed E-state index contributed by atoms with van der Waals surface area (Å²) >= 11 is 0. The summed E-state index contributed by atoms with van der Waals surface area (Å²) in [6.07, 6.45) is 4.98. The zero-order chi connectivity index (χ0) is 15.3. The van der Waals surface area contributed by atoms with Gasteiger partial charge in [-0.2, -0.15) is 0 Å². The van der Waals surface area contributed by atoms with Gasteiger partial charge in [0.25, 0.3) is 5.91 Å². The molecule has 2 aromatic heterocycles. The van der Waals surface area contributed by atoms with Gasteiger partial charge in [-0.3, -0.25) is 4.79 Å². The van der Waals surface area contributed by atoms with Crippen LogP contribution in [0.4, 0.5) is 17.3 Å². The quantitative estimate of drug-likeness (QED) is 0.880. The molecule has 110 valence electrons. The van der Waals surface area contributed by atoms with Gasteiger partial charge in [0.1, 0.15) is 5.82 Å². The fourth-order valence-corrected chi connectivity index (χ4v) is 2.66. The van der Waals surface area contributed by atoms with E-state index in [4.69, 9.17) is 0 Å². The van der Waals surface area contributed by atoms with Crippen LogP contribution in [0.1, 0.15) is 33.6 Å². The highest BCUT2D eigenvalue weighted by Crippen LogP contribution is 2.43. The van der Waals surface area contributed by atoms with Crippen molar-refractivity contribution >= 4 is 29.2 Å². The molecule has 3 heterocycles. The van der Waals surface area contributed by atoms with Crippen molar-refractivity contribution in [2.24, 2.45) is 0 Å². The minimum absolute atomic E-state index is 0.0248. The second-order valence-corrected chi connectivity index (χ2v) is 5.29. The first-order valence-corrected chi connectivity index (χ1v) is 6.94. The molecular formula is C15H12N4O3. The van der Waals surface area contributed by atoms with Gasteiger partial charge in [-0.15, -0.1) is 0 Å². The molecule has 2 N–H and O–H groups in total. The number of pyridine rings is 2. The Balaban J connectivity index is 2.00. The number of nitrogens with zero attached hydrogens (tertiary/aromatic N) is 3. The molecule has 0 bridgehead atoms. The highest BCUT2D eigenvalue weighted by molar-refractivity contribution is 6.14. The molecule has 0 unspecified atom stereocenters. The molecule has 1 aliphatic carbocycles. The number of nitrogens with one attached hydrogen (secondary N) is 1. The van der Waals surface area contributed by atoms with Crippen molar-refractivity contribution < 1.29 is 14.7 Å². The molecule has 4 rings (SSSR count). The summed E-state index contributed by atoms with van der Waals surface area (Å²) in [5.41, 5.74) is 0.672. The molecule has 0 saturated heterocycles. The lowest BCUT2D eigenvalue weighted by Gasteiger charge is -2.23. The van der Waals surface area contributed by atoms with E-state index in [2.05, 4.69) is 15.3 Å². The highest BCUT2D eigenvalue weighted by Gasteiger charge is 2.38. The van der Waals surface area contributed by atoms with E-state index in [0.29, 0.717) is 17.2 Å². The number of fused-ring (bicyclic) bond motifs is 2. The zero-order valence-electron chi connectivity index (χ0n) is 11.5. The standard InChI is InChI=1S/C15H12N4O3/c20-14-10-2-1-6-16-12(10)19(8-3-4-8)13-11(18-14)9(15(21)22)5-7-17-13/h1-2,5-8H,3-4H2,(H,18,20)(H,21,22). The third-order valence-electron chi connectivity index (χ3n) is 3.80. The third-order valence-corrected chi connectivity index (χ3v) is 3.80. The summed E-state index contributed by atoms with van der Waals surface area (Å²) in [6.45, 7) is 0. The smallest absolute Gasteiger partial charge is 0.338 e. The molecule has 0 aromatic carbocycles. The first-order chi connectivity index (χ1) is 10.7. The number of aromatic nitrogens is 2. The Labute approximate surface area is 125 Å². The molecule has 22 heavy (non-hydrogen) atoms. The topological polar surface area (TPSA) is 95.4 Å². The third kappa shape index (κ3) is 1.82. The Morgan fingerprint density at radius 3 is 2.73 bits per heavy atom. The van der Waals surface area contributed by atoms with Crippen LogP contribution in [-0.4, -0.2) is 33.0 Å². The van der Waals surface area contributed by atoms with Crippen LogP contribution in [0.15, 0.2) is 30.6 Å².